The molecule has 0 aliphatic carbocycles. The zero-order valence-corrected chi connectivity index (χ0v) is 15.5. The maximum Gasteiger partial charge on any atom is 0.231 e. The number of fused-ring (bicyclic) bond motifs is 1. The number of rotatable bonds is 6. The molecule has 6 nitrogen and oxygen atoms in total. The van der Waals surface area contributed by atoms with Crippen molar-refractivity contribution in [2.24, 2.45) is 0 Å². The van der Waals surface area contributed by atoms with E-state index >= 15 is 0 Å². The van der Waals surface area contributed by atoms with Gasteiger partial charge in [-0.3, -0.25) is 0 Å². The van der Waals surface area contributed by atoms with Crippen LogP contribution in [0, 0.1) is 13.8 Å². The van der Waals surface area contributed by atoms with Gasteiger partial charge in [0.1, 0.15) is 5.82 Å². The molecule has 3 aromatic rings. The number of ether oxygens (including phenoxy) is 2. The summed E-state index contributed by atoms with van der Waals surface area (Å²) in [6.07, 6.45) is 0. The maximum absolute atomic E-state index is 5.42. The van der Waals surface area contributed by atoms with Crippen LogP contribution in [0.1, 0.15) is 22.4 Å². The van der Waals surface area contributed by atoms with Crippen molar-refractivity contribution in [2.45, 2.75) is 26.9 Å². The maximum atomic E-state index is 5.42. The van der Waals surface area contributed by atoms with Crippen molar-refractivity contribution in [3.05, 3.63) is 70.9 Å². The summed E-state index contributed by atoms with van der Waals surface area (Å²) in [5.74, 6) is 2.96. The fourth-order valence-corrected chi connectivity index (χ4v) is 2.96. The van der Waals surface area contributed by atoms with Gasteiger partial charge in [0.05, 0.1) is 0 Å². The normalized spacial score (nSPS) is 12.1. The molecule has 2 N–H and O–H groups in total. The Bertz CT molecular complexity index is 959. The van der Waals surface area contributed by atoms with Crippen molar-refractivity contribution in [1.82, 2.24) is 9.97 Å². The van der Waals surface area contributed by atoms with E-state index in [4.69, 9.17) is 9.47 Å². The minimum atomic E-state index is 0.281. The van der Waals surface area contributed by atoms with Gasteiger partial charge in [0.15, 0.2) is 11.5 Å². The van der Waals surface area contributed by atoms with Gasteiger partial charge in [-0.1, -0.05) is 30.3 Å². The first-order valence-corrected chi connectivity index (χ1v) is 8.94. The lowest BCUT2D eigenvalue weighted by atomic mass is 10.1. The molecule has 27 heavy (non-hydrogen) atoms. The number of hydrogen-bond acceptors (Lipinski definition) is 6. The van der Waals surface area contributed by atoms with E-state index in [0.29, 0.717) is 12.5 Å². The highest BCUT2D eigenvalue weighted by atomic mass is 16.7. The van der Waals surface area contributed by atoms with Crippen molar-refractivity contribution in [3.8, 4) is 11.5 Å². The largest absolute Gasteiger partial charge is 0.454 e. The Balaban J connectivity index is 1.42. The van der Waals surface area contributed by atoms with Crippen molar-refractivity contribution in [1.29, 1.82) is 0 Å². The number of benzene rings is 2. The fraction of sp³-hybridized carbons (Fsp3) is 0.238. The minimum Gasteiger partial charge on any atom is -0.454 e. The van der Waals surface area contributed by atoms with Crippen LogP contribution in [0.5, 0.6) is 11.5 Å². The number of nitrogens with zero attached hydrogens (tertiary/aromatic N) is 2. The van der Waals surface area contributed by atoms with Gasteiger partial charge in [-0.25, -0.2) is 4.98 Å². The molecule has 6 heteroatoms. The summed E-state index contributed by atoms with van der Waals surface area (Å²) in [4.78, 5) is 9.05. The summed E-state index contributed by atoms with van der Waals surface area (Å²) < 4.78 is 10.8. The summed E-state index contributed by atoms with van der Waals surface area (Å²) in [6.45, 7) is 5.69. The molecule has 0 spiro atoms. The van der Waals surface area contributed by atoms with Crippen LogP contribution in [0.2, 0.25) is 0 Å². The third-order valence-corrected chi connectivity index (χ3v) is 4.46. The van der Waals surface area contributed by atoms with Crippen LogP contribution in [-0.2, 0) is 13.1 Å². The highest BCUT2D eigenvalue weighted by molar-refractivity contribution is 5.46. The van der Waals surface area contributed by atoms with Gasteiger partial charge in [-0.05, 0) is 42.7 Å². The number of nitrogens with one attached hydrogen (secondary N) is 2. The molecule has 0 radical (unpaired) electrons. The quantitative estimate of drug-likeness (QED) is 0.690. The van der Waals surface area contributed by atoms with E-state index in [1.165, 1.54) is 11.1 Å². The molecule has 0 amide bonds. The van der Waals surface area contributed by atoms with Crippen molar-refractivity contribution >= 4 is 11.8 Å². The van der Waals surface area contributed by atoms with E-state index in [9.17, 15) is 0 Å². The van der Waals surface area contributed by atoms with E-state index in [-0.39, 0.29) is 6.79 Å². The molecule has 1 aliphatic rings. The van der Waals surface area contributed by atoms with E-state index < -0.39 is 0 Å². The molecule has 2 heterocycles. The lowest BCUT2D eigenvalue weighted by Gasteiger charge is -2.11. The Labute approximate surface area is 158 Å². The molecule has 1 aromatic heterocycles. The monoisotopic (exact) mass is 362 g/mol. The molecule has 0 bridgehead atoms. The molecule has 4 rings (SSSR count). The number of anilines is 2. The lowest BCUT2D eigenvalue weighted by Crippen LogP contribution is -2.08. The summed E-state index contributed by atoms with van der Waals surface area (Å²) in [5.41, 5.74) is 4.50. The first-order chi connectivity index (χ1) is 13.2. The van der Waals surface area contributed by atoms with Crippen LogP contribution in [-0.4, -0.2) is 16.8 Å². The SMILES string of the molecule is Cc1cc(NCc2ccccc2C)nc(NCc2ccc3c(c2)OCO3)n1. The van der Waals surface area contributed by atoms with E-state index in [1.807, 2.05) is 43.3 Å². The molecule has 0 atom stereocenters. The Morgan fingerprint density at radius 3 is 2.63 bits per heavy atom. The zero-order chi connectivity index (χ0) is 18.6. The molecule has 0 unspecified atom stereocenters. The summed E-state index contributed by atoms with van der Waals surface area (Å²) >= 11 is 0. The van der Waals surface area contributed by atoms with Gasteiger partial charge in [0.25, 0.3) is 0 Å². The van der Waals surface area contributed by atoms with Gasteiger partial charge in [0, 0.05) is 24.8 Å². The topological polar surface area (TPSA) is 68.3 Å². The third kappa shape index (κ3) is 4.11. The average Bonchev–Trinajstić information content (AvgIpc) is 3.13. The Kier molecular flexibility index (Phi) is 4.78. The lowest BCUT2D eigenvalue weighted by molar-refractivity contribution is 0.174. The number of aromatic nitrogens is 2. The standard InChI is InChI=1S/C21H22N4O2/c1-14-5-3-4-6-17(14)12-22-20-9-15(2)24-21(25-20)23-11-16-7-8-18-19(10-16)27-13-26-18/h3-10H,11-13H2,1-2H3,(H2,22,23,24,25). The highest BCUT2D eigenvalue weighted by Crippen LogP contribution is 2.32. The summed E-state index contributed by atoms with van der Waals surface area (Å²) in [7, 11) is 0. The predicted molar refractivity (Wildman–Crippen MR) is 105 cm³/mol. The molecular weight excluding hydrogens is 340 g/mol. The second-order valence-corrected chi connectivity index (χ2v) is 6.54. The van der Waals surface area contributed by atoms with Crippen molar-refractivity contribution in [3.63, 3.8) is 0 Å². The minimum absolute atomic E-state index is 0.281. The molecule has 138 valence electrons. The molecule has 2 aromatic carbocycles. The van der Waals surface area contributed by atoms with Crippen LogP contribution in [0.3, 0.4) is 0 Å². The molecule has 0 fully saturated rings. The fourth-order valence-electron chi connectivity index (χ4n) is 2.96. The first-order valence-electron chi connectivity index (χ1n) is 8.94. The number of hydrogen-bond donors (Lipinski definition) is 2. The first kappa shape index (κ1) is 17.1. The van der Waals surface area contributed by atoms with Crippen molar-refractivity contribution < 1.29 is 9.47 Å². The van der Waals surface area contributed by atoms with E-state index in [1.54, 1.807) is 0 Å². The molecule has 1 aliphatic heterocycles. The highest BCUT2D eigenvalue weighted by Gasteiger charge is 2.13. The summed E-state index contributed by atoms with van der Waals surface area (Å²) in [5, 5.41) is 6.67. The smallest absolute Gasteiger partial charge is 0.231 e. The molecule has 0 saturated heterocycles. The van der Waals surface area contributed by atoms with Gasteiger partial charge < -0.3 is 20.1 Å². The van der Waals surface area contributed by atoms with Gasteiger partial charge in [0.2, 0.25) is 12.7 Å². The average molecular weight is 362 g/mol. The molecular formula is C21H22N4O2. The zero-order valence-electron chi connectivity index (χ0n) is 15.5. The van der Waals surface area contributed by atoms with Crippen LogP contribution in [0.15, 0.2) is 48.5 Å². The van der Waals surface area contributed by atoms with Crippen LogP contribution >= 0.6 is 0 Å². The van der Waals surface area contributed by atoms with Crippen LogP contribution < -0.4 is 20.1 Å². The molecule has 0 saturated carbocycles. The Hall–Kier alpha value is -3.28. The second-order valence-electron chi connectivity index (χ2n) is 6.54. The van der Waals surface area contributed by atoms with Crippen LogP contribution in [0.4, 0.5) is 11.8 Å². The number of aryl methyl sites for hydroxylation is 2. The van der Waals surface area contributed by atoms with E-state index in [2.05, 4.69) is 39.7 Å². The van der Waals surface area contributed by atoms with E-state index in [0.717, 1.165) is 35.1 Å². The third-order valence-electron chi connectivity index (χ3n) is 4.46. The van der Waals surface area contributed by atoms with Crippen LogP contribution in [0.25, 0.3) is 0 Å². The van der Waals surface area contributed by atoms with Gasteiger partial charge >= 0.3 is 0 Å². The van der Waals surface area contributed by atoms with Gasteiger partial charge in [-0.15, -0.1) is 0 Å². The Morgan fingerprint density at radius 2 is 1.74 bits per heavy atom. The van der Waals surface area contributed by atoms with Crippen molar-refractivity contribution in [2.75, 3.05) is 17.4 Å². The Morgan fingerprint density at radius 1 is 0.889 bits per heavy atom. The predicted octanol–water partition coefficient (Wildman–Crippen LogP) is 4.05. The second kappa shape index (κ2) is 7.53. The summed E-state index contributed by atoms with van der Waals surface area (Å²) in [6, 6.07) is 16.2. The van der Waals surface area contributed by atoms with Gasteiger partial charge in [-0.2, -0.15) is 4.98 Å².